The van der Waals surface area contributed by atoms with Crippen molar-refractivity contribution in [3.05, 3.63) is 62.8 Å². The number of carbonyl (C=O) groups is 2. The molecule has 0 saturated heterocycles. The van der Waals surface area contributed by atoms with Crippen molar-refractivity contribution in [1.29, 1.82) is 0 Å². The molecule has 2 aliphatic rings. The molecule has 0 radical (unpaired) electrons. The smallest absolute Gasteiger partial charge is 0.293 e. The van der Waals surface area contributed by atoms with Gasteiger partial charge in [-0.05, 0) is 37.0 Å². The molecule has 4 rings (SSSR count). The highest BCUT2D eigenvalue weighted by Gasteiger charge is 2.35. The second-order valence-corrected chi connectivity index (χ2v) is 7.27. The second kappa shape index (κ2) is 6.78. The highest BCUT2D eigenvalue weighted by Crippen LogP contribution is 2.29. The van der Waals surface area contributed by atoms with Crippen molar-refractivity contribution in [2.75, 3.05) is 6.54 Å². The minimum Gasteiger partial charge on any atom is -0.502 e. The lowest BCUT2D eigenvalue weighted by Crippen LogP contribution is -2.42. The summed E-state index contributed by atoms with van der Waals surface area (Å²) >= 11 is 0. The number of benzene rings is 1. The zero-order chi connectivity index (χ0) is 20.0. The Labute approximate surface area is 160 Å². The summed E-state index contributed by atoms with van der Waals surface area (Å²) < 4.78 is 14.2. The first-order valence-electron chi connectivity index (χ1n) is 9.16. The number of hydrogen-bond acceptors (Lipinski definition) is 4. The maximum absolute atomic E-state index is 13.1. The van der Waals surface area contributed by atoms with Gasteiger partial charge in [-0.1, -0.05) is 12.1 Å². The summed E-state index contributed by atoms with van der Waals surface area (Å²) in [5.41, 5.74) is 0.347. The van der Waals surface area contributed by atoms with E-state index in [0.717, 1.165) is 23.0 Å². The lowest BCUT2D eigenvalue weighted by Gasteiger charge is -2.30. The van der Waals surface area contributed by atoms with Gasteiger partial charge in [0.05, 0.1) is 5.56 Å². The van der Waals surface area contributed by atoms with Gasteiger partial charge in [-0.2, -0.15) is 0 Å². The SMILES string of the molecule is Cn1c(C(=O)NC2CC2)c2c(c(O)c1=O)C(=O)N(Cc1ccc(F)cc1)CC2. The Morgan fingerprint density at radius 3 is 2.57 bits per heavy atom. The number of halogens is 1. The quantitative estimate of drug-likeness (QED) is 0.831. The summed E-state index contributed by atoms with van der Waals surface area (Å²) in [7, 11) is 1.42. The van der Waals surface area contributed by atoms with Crippen LogP contribution in [-0.4, -0.2) is 39.0 Å². The number of rotatable bonds is 4. The van der Waals surface area contributed by atoms with E-state index in [0.29, 0.717) is 18.5 Å². The Balaban J connectivity index is 1.71. The fourth-order valence-corrected chi connectivity index (χ4v) is 3.54. The van der Waals surface area contributed by atoms with Gasteiger partial charge in [-0.25, -0.2) is 4.39 Å². The maximum atomic E-state index is 13.1. The van der Waals surface area contributed by atoms with E-state index >= 15 is 0 Å². The molecule has 1 fully saturated rings. The molecular formula is C20H20FN3O4. The molecule has 1 saturated carbocycles. The Morgan fingerprint density at radius 2 is 1.93 bits per heavy atom. The molecule has 2 heterocycles. The molecular weight excluding hydrogens is 365 g/mol. The van der Waals surface area contributed by atoms with Crippen LogP contribution in [0.25, 0.3) is 0 Å². The number of aromatic nitrogens is 1. The van der Waals surface area contributed by atoms with Crippen LogP contribution in [0, 0.1) is 5.82 Å². The average Bonchev–Trinajstić information content (AvgIpc) is 3.47. The van der Waals surface area contributed by atoms with Gasteiger partial charge in [0.15, 0.2) is 5.75 Å². The number of nitrogens with zero attached hydrogens (tertiary/aromatic N) is 2. The van der Waals surface area contributed by atoms with Gasteiger partial charge in [0.2, 0.25) is 0 Å². The summed E-state index contributed by atoms with van der Waals surface area (Å²) in [6, 6.07) is 5.88. The normalized spacial score (nSPS) is 16.1. The van der Waals surface area contributed by atoms with Crippen molar-refractivity contribution >= 4 is 11.8 Å². The van der Waals surface area contributed by atoms with Crippen LogP contribution < -0.4 is 10.9 Å². The van der Waals surface area contributed by atoms with Crippen LogP contribution in [0.3, 0.4) is 0 Å². The number of aromatic hydroxyl groups is 1. The zero-order valence-electron chi connectivity index (χ0n) is 15.4. The Hall–Kier alpha value is -3.16. The zero-order valence-corrected chi connectivity index (χ0v) is 15.4. The van der Waals surface area contributed by atoms with Gasteiger partial charge in [-0.15, -0.1) is 0 Å². The molecule has 0 spiro atoms. The number of pyridine rings is 1. The van der Waals surface area contributed by atoms with Crippen LogP contribution in [0.4, 0.5) is 4.39 Å². The molecule has 7 nitrogen and oxygen atoms in total. The highest BCUT2D eigenvalue weighted by molar-refractivity contribution is 6.04. The average molecular weight is 385 g/mol. The van der Waals surface area contributed by atoms with Crippen molar-refractivity contribution in [3.63, 3.8) is 0 Å². The van der Waals surface area contributed by atoms with E-state index < -0.39 is 23.1 Å². The number of carbonyl (C=O) groups excluding carboxylic acids is 2. The lowest BCUT2D eigenvalue weighted by molar-refractivity contribution is 0.0721. The monoisotopic (exact) mass is 385 g/mol. The van der Waals surface area contributed by atoms with Crippen LogP contribution in [-0.2, 0) is 20.0 Å². The lowest BCUT2D eigenvalue weighted by atomic mass is 9.95. The van der Waals surface area contributed by atoms with Gasteiger partial charge in [0, 0.05) is 31.7 Å². The molecule has 2 aromatic rings. The first-order valence-corrected chi connectivity index (χ1v) is 9.16. The first kappa shape index (κ1) is 18.2. The van der Waals surface area contributed by atoms with Crippen molar-refractivity contribution in [1.82, 2.24) is 14.8 Å². The molecule has 2 amide bonds. The summed E-state index contributed by atoms with van der Waals surface area (Å²) in [5, 5.41) is 13.2. The summed E-state index contributed by atoms with van der Waals surface area (Å²) in [6.07, 6.45) is 2.12. The highest BCUT2D eigenvalue weighted by atomic mass is 19.1. The van der Waals surface area contributed by atoms with Gasteiger partial charge in [0.25, 0.3) is 17.4 Å². The van der Waals surface area contributed by atoms with E-state index in [4.69, 9.17) is 0 Å². The molecule has 146 valence electrons. The molecule has 28 heavy (non-hydrogen) atoms. The number of nitrogens with one attached hydrogen (secondary N) is 1. The fraction of sp³-hybridized carbons (Fsp3) is 0.350. The predicted molar refractivity (Wildman–Crippen MR) is 98.7 cm³/mol. The van der Waals surface area contributed by atoms with Crippen LogP contribution in [0.1, 0.15) is 44.8 Å². The Bertz CT molecular complexity index is 1030. The third kappa shape index (κ3) is 3.15. The Kier molecular flexibility index (Phi) is 4.41. The molecule has 1 aliphatic heterocycles. The predicted octanol–water partition coefficient (Wildman–Crippen LogP) is 1.32. The second-order valence-electron chi connectivity index (χ2n) is 7.27. The molecule has 1 aromatic heterocycles. The van der Waals surface area contributed by atoms with E-state index in [-0.39, 0.29) is 29.7 Å². The standard InChI is InChI=1S/C20H20FN3O4/c1-23-16(18(26)22-13-6-7-13)14-8-9-24(10-11-2-4-12(21)5-3-11)19(27)15(14)17(25)20(23)28/h2-5,13,25H,6-10H2,1H3,(H,22,26). The summed E-state index contributed by atoms with van der Waals surface area (Å²) in [6.45, 7) is 0.543. The van der Waals surface area contributed by atoms with E-state index in [1.807, 2.05) is 0 Å². The van der Waals surface area contributed by atoms with Crippen molar-refractivity contribution < 1.29 is 19.1 Å². The largest absolute Gasteiger partial charge is 0.502 e. The third-order valence-electron chi connectivity index (χ3n) is 5.21. The molecule has 1 aliphatic carbocycles. The summed E-state index contributed by atoms with van der Waals surface area (Å²) in [4.78, 5) is 39.6. The molecule has 0 atom stereocenters. The first-order chi connectivity index (χ1) is 13.4. The van der Waals surface area contributed by atoms with Crippen molar-refractivity contribution in [2.24, 2.45) is 7.05 Å². The molecule has 0 unspecified atom stereocenters. The van der Waals surface area contributed by atoms with Crippen LogP contribution in [0.2, 0.25) is 0 Å². The molecule has 1 aromatic carbocycles. The topological polar surface area (TPSA) is 91.6 Å². The number of amides is 2. The van der Waals surface area contributed by atoms with E-state index in [9.17, 15) is 23.9 Å². The van der Waals surface area contributed by atoms with Gasteiger partial charge < -0.3 is 19.9 Å². The molecule has 0 bridgehead atoms. The number of hydrogen-bond donors (Lipinski definition) is 2. The fourth-order valence-electron chi connectivity index (χ4n) is 3.54. The Morgan fingerprint density at radius 1 is 1.25 bits per heavy atom. The minimum atomic E-state index is -0.781. The number of fused-ring (bicyclic) bond motifs is 1. The molecule has 2 N–H and O–H groups in total. The van der Waals surface area contributed by atoms with E-state index in [2.05, 4.69) is 5.32 Å². The van der Waals surface area contributed by atoms with Crippen LogP contribution >= 0.6 is 0 Å². The van der Waals surface area contributed by atoms with Gasteiger partial charge in [-0.3, -0.25) is 14.4 Å². The van der Waals surface area contributed by atoms with Crippen LogP contribution in [0.5, 0.6) is 5.75 Å². The van der Waals surface area contributed by atoms with E-state index in [1.54, 1.807) is 12.1 Å². The van der Waals surface area contributed by atoms with E-state index in [1.165, 1.54) is 24.1 Å². The van der Waals surface area contributed by atoms with Crippen molar-refractivity contribution in [3.8, 4) is 5.75 Å². The maximum Gasteiger partial charge on any atom is 0.293 e. The van der Waals surface area contributed by atoms with Crippen LogP contribution in [0.15, 0.2) is 29.1 Å². The summed E-state index contributed by atoms with van der Waals surface area (Å²) in [5.74, 6) is -1.93. The third-order valence-corrected chi connectivity index (χ3v) is 5.21. The molecule has 8 heteroatoms. The van der Waals surface area contributed by atoms with Crippen molar-refractivity contribution in [2.45, 2.75) is 31.8 Å². The van der Waals surface area contributed by atoms with Gasteiger partial charge >= 0.3 is 0 Å². The van der Waals surface area contributed by atoms with Gasteiger partial charge in [0.1, 0.15) is 11.5 Å². The minimum absolute atomic E-state index is 0.0984.